The van der Waals surface area contributed by atoms with E-state index in [0.717, 1.165) is 4.90 Å². The number of methoxy groups -OCH3 is 1. The maximum Gasteiger partial charge on any atom is 0.371 e. The van der Waals surface area contributed by atoms with Crippen molar-refractivity contribution in [3.63, 3.8) is 0 Å². The standard InChI is InChI=1S/C25H21N3O8/c1-34-21-12-15(7-9-19(21)35-14-17-8-10-20(36-17)24(31)32)11-18-23(30)28(25(33)27-18)13-22(29)26-16-5-3-2-4-6-16/h2-12H,13-14H2,1H3,(H,26,29)(H,27,33)(H,31,32). The normalized spacial score (nSPS) is 14.0. The third-order valence-corrected chi connectivity index (χ3v) is 5.06. The van der Waals surface area contributed by atoms with Crippen molar-refractivity contribution in [2.75, 3.05) is 19.0 Å². The minimum Gasteiger partial charge on any atom is -0.493 e. The molecule has 1 aromatic heterocycles. The van der Waals surface area contributed by atoms with Crippen molar-refractivity contribution in [1.82, 2.24) is 10.2 Å². The number of carbonyl (C=O) groups excluding carboxylic acids is 3. The van der Waals surface area contributed by atoms with Gasteiger partial charge in [-0.3, -0.25) is 9.59 Å². The van der Waals surface area contributed by atoms with Crippen LogP contribution in [-0.2, 0) is 16.2 Å². The number of nitrogens with one attached hydrogen (secondary N) is 2. The van der Waals surface area contributed by atoms with Gasteiger partial charge in [-0.1, -0.05) is 24.3 Å². The number of carboxylic acid groups (broad SMARTS) is 1. The number of nitrogens with zero attached hydrogens (tertiary/aromatic N) is 1. The number of amides is 4. The first-order valence-corrected chi connectivity index (χ1v) is 10.7. The molecule has 0 aliphatic carbocycles. The van der Waals surface area contributed by atoms with Crippen LogP contribution in [0.3, 0.4) is 0 Å². The molecule has 184 valence electrons. The van der Waals surface area contributed by atoms with Crippen LogP contribution in [0.15, 0.2) is 70.8 Å². The van der Waals surface area contributed by atoms with E-state index in [1.807, 2.05) is 0 Å². The Hall–Kier alpha value is -5.06. The Morgan fingerprint density at radius 2 is 1.86 bits per heavy atom. The Morgan fingerprint density at radius 3 is 2.56 bits per heavy atom. The molecule has 1 aliphatic heterocycles. The second-order valence-electron chi connectivity index (χ2n) is 7.56. The fourth-order valence-corrected chi connectivity index (χ4v) is 3.36. The number of benzene rings is 2. The van der Waals surface area contributed by atoms with E-state index in [1.165, 1.54) is 25.3 Å². The zero-order valence-corrected chi connectivity index (χ0v) is 19.0. The number of anilines is 1. The Bertz CT molecular complexity index is 1350. The summed E-state index contributed by atoms with van der Waals surface area (Å²) in [7, 11) is 1.43. The molecule has 0 saturated carbocycles. The molecular weight excluding hydrogens is 470 g/mol. The first-order valence-electron chi connectivity index (χ1n) is 10.7. The number of para-hydroxylation sites is 1. The number of furan rings is 1. The minimum atomic E-state index is -1.18. The lowest BCUT2D eigenvalue weighted by Crippen LogP contribution is -2.38. The Balaban J connectivity index is 1.42. The van der Waals surface area contributed by atoms with Crippen molar-refractivity contribution in [2.45, 2.75) is 6.61 Å². The summed E-state index contributed by atoms with van der Waals surface area (Å²) in [6, 6.07) is 15.6. The smallest absolute Gasteiger partial charge is 0.371 e. The topological polar surface area (TPSA) is 147 Å². The zero-order chi connectivity index (χ0) is 25.7. The zero-order valence-electron chi connectivity index (χ0n) is 19.0. The third-order valence-electron chi connectivity index (χ3n) is 5.06. The molecule has 11 nitrogen and oxygen atoms in total. The fourth-order valence-electron chi connectivity index (χ4n) is 3.36. The van der Waals surface area contributed by atoms with Gasteiger partial charge in [0.05, 0.1) is 7.11 Å². The summed E-state index contributed by atoms with van der Waals surface area (Å²) in [5.41, 5.74) is 1.08. The molecule has 36 heavy (non-hydrogen) atoms. The number of urea groups is 1. The van der Waals surface area contributed by atoms with Gasteiger partial charge in [0.2, 0.25) is 11.7 Å². The van der Waals surface area contributed by atoms with Gasteiger partial charge in [-0.25, -0.2) is 14.5 Å². The van der Waals surface area contributed by atoms with Gasteiger partial charge in [0.15, 0.2) is 11.5 Å². The molecular formula is C25H21N3O8. The second kappa shape index (κ2) is 10.5. The molecule has 4 amide bonds. The maximum atomic E-state index is 12.7. The van der Waals surface area contributed by atoms with E-state index >= 15 is 0 Å². The quantitative estimate of drug-likeness (QED) is 0.306. The van der Waals surface area contributed by atoms with Gasteiger partial charge < -0.3 is 29.6 Å². The van der Waals surface area contributed by atoms with Gasteiger partial charge in [0.25, 0.3) is 5.91 Å². The highest BCUT2D eigenvalue weighted by molar-refractivity contribution is 6.16. The molecule has 3 aromatic rings. The van der Waals surface area contributed by atoms with Crippen LogP contribution in [0, 0.1) is 0 Å². The molecule has 0 bridgehead atoms. The van der Waals surface area contributed by atoms with E-state index in [4.69, 9.17) is 19.0 Å². The van der Waals surface area contributed by atoms with Gasteiger partial charge in [-0.2, -0.15) is 0 Å². The number of rotatable bonds is 9. The highest BCUT2D eigenvalue weighted by Gasteiger charge is 2.35. The van der Waals surface area contributed by atoms with Crippen LogP contribution in [0.2, 0.25) is 0 Å². The number of carbonyl (C=O) groups is 4. The molecule has 1 saturated heterocycles. The SMILES string of the molecule is COc1cc(C=C2NC(=O)N(CC(=O)Nc3ccccc3)C2=O)ccc1OCc1ccc(C(=O)O)o1. The predicted octanol–water partition coefficient (Wildman–Crippen LogP) is 3.10. The monoisotopic (exact) mass is 491 g/mol. The molecule has 2 aromatic carbocycles. The number of carboxylic acids is 1. The van der Waals surface area contributed by atoms with E-state index in [0.29, 0.717) is 28.5 Å². The molecule has 11 heteroatoms. The van der Waals surface area contributed by atoms with Crippen molar-refractivity contribution in [3.8, 4) is 11.5 Å². The number of hydrogen-bond acceptors (Lipinski definition) is 7. The van der Waals surface area contributed by atoms with Gasteiger partial charge >= 0.3 is 12.0 Å². The highest BCUT2D eigenvalue weighted by Crippen LogP contribution is 2.30. The minimum absolute atomic E-state index is 0.0000168. The lowest BCUT2D eigenvalue weighted by atomic mass is 10.1. The first-order chi connectivity index (χ1) is 17.3. The van der Waals surface area contributed by atoms with E-state index in [2.05, 4.69) is 10.6 Å². The van der Waals surface area contributed by atoms with Crippen LogP contribution in [0.5, 0.6) is 11.5 Å². The van der Waals surface area contributed by atoms with E-state index < -0.39 is 30.4 Å². The molecule has 4 rings (SSSR count). The van der Waals surface area contributed by atoms with Gasteiger partial charge in [-0.15, -0.1) is 0 Å². The van der Waals surface area contributed by atoms with Crippen LogP contribution in [0.1, 0.15) is 21.9 Å². The largest absolute Gasteiger partial charge is 0.493 e. The summed E-state index contributed by atoms with van der Waals surface area (Å²) in [5.74, 6) is -1.52. The summed E-state index contributed by atoms with van der Waals surface area (Å²) >= 11 is 0. The van der Waals surface area contributed by atoms with E-state index in [-0.39, 0.29) is 18.1 Å². The molecule has 1 aliphatic rings. The number of ether oxygens (including phenoxy) is 2. The third kappa shape index (κ3) is 5.53. The van der Waals surface area contributed by atoms with Crippen molar-refractivity contribution in [3.05, 3.63) is 83.4 Å². The van der Waals surface area contributed by atoms with Crippen molar-refractivity contribution in [2.24, 2.45) is 0 Å². The van der Waals surface area contributed by atoms with Gasteiger partial charge in [-0.05, 0) is 48.0 Å². The molecule has 0 unspecified atom stereocenters. The van der Waals surface area contributed by atoms with E-state index in [1.54, 1.807) is 48.5 Å². The average Bonchev–Trinajstić information content (AvgIpc) is 3.44. The fraction of sp³-hybridized carbons (Fsp3) is 0.120. The molecule has 3 N–H and O–H groups in total. The molecule has 1 fully saturated rings. The number of hydrogen-bond donors (Lipinski definition) is 3. The Kier molecular flexibility index (Phi) is 7.00. The van der Waals surface area contributed by atoms with Crippen LogP contribution >= 0.6 is 0 Å². The summed E-state index contributed by atoms with van der Waals surface area (Å²) in [6.45, 7) is -0.470. The maximum absolute atomic E-state index is 12.7. The van der Waals surface area contributed by atoms with Crippen molar-refractivity contribution >= 4 is 35.6 Å². The summed E-state index contributed by atoms with van der Waals surface area (Å²) in [5, 5.41) is 14.0. The van der Waals surface area contributed by atoms with Crippen LogP contribution in [0.25, 0.3) is 6.08 Å². The Labute approximate surface area is 204 Å². The first kappa shape index (κ1) is 24.1. The van der Waals surface area contributed by atoms with Crippen molar-refractivity contribution < 1.29 is 38.2 Å². The summed E-state index contributed by atoms with van der Waals surface area (Å²) in [6.07, 6.45) is 1.45. The number of aromatic carboxylic acids is 1. The van der Waals surface area contributed by atoms with Gasteiger partial charge in [0.1, 0.15) is 24.6 Å². The summed E-state index contributed by atoms with van der Waals surface area (Å²) in [4.78, 5) is 49.0. The van der Waals surface area contributed by atoms with E-state index in [9.17, 15) is 19.2 Å². The summed E-state index contributed by atoms with van der Waals surface area (Å²) < 4.78 is 16.2. The van der Waals surface area contributed by atoms with Gasteiger partial charge in [0, 0.05) is 5.69 Å². The molecule has 0 atom stereocenters. The Morgan fingerprint density at radius 1 is 1.08 bits per heavy atom. The molecule has 0 radical (unpaired) electrons. The number of imide groups is 1. The second-order valence-corrected chi connectivity index (χ2v) is 7.56. The average molecular weight is 491 g/mol. The molecule has 0 spiro atoms. The van der Waals surface area contributed by atoms with Crippen LogP contribution in [0.4, 0.5) is 10.5 Å². The lowest BCUT2D eigenvalue weighted by Gasteiger charge is -2.12. The molecule has 2 heterocycles. The lowest BCUT2D eigenvalue weighted by molar-refractivity contribution is -0.127. The predicted molar refractivity (Wildman–Crippen MR) is 126 cm³/mol. The van der Waals surface area contributed by atoms with Crippen LogP contribution in [-0.4, -0.2) is 47.5 Å². The van der Waals surface area contributed by atoms with Crippen molar-refractivity contribution in [1.29, 1.82) is 0 Å². The highest BCUT2D eigenvalue weighted by atomic mass is 16.5. The van der Waals surface area contributed by atoms with Crippen LogP contribution < -0.4 is 20.1 Å².